The summed E-state index contributed by atoms with van der Waals surface area (Å²) in [6.07, 6.45) is 3.70. The summed E-state index contributed by atoms with van der Waals surface area (Å²) in [6.45, 7) is 1.00. The van der Waals surface area contributed by atoms with Crippen molar-refractivity contribution < 1.29 is 23.6 Å². The standard InChI is InChI=1S/C22H19FN2O4S/c23-15-2-1-3-16(10-15)30(28)17-4-5-18-14(7-9-29-21(18)11-17)12-25-20-13-24-8-6-19(20)22(26)27/h1-6,8,10-11,13-14,25H,7,9,12H2,(H,26,27)/t14-,30?/m1/s1. The van der Waals surface area contributed by atoms with E-state index in [4.69, 9.17) is 4.74 Å². The van der Waals surface area contributed by atoms with Gasteiger partial charge in [0.15, 0.2) is 9.79 Å². The number of benzene rings is 2. The number of rotatable bonds is 6. The van der Waals surface area contributed by atoms with Gasteiger partial charge in [-0.2, -0.15) is 0 Å². The van der Waals surface area contributed by atoms with Gasteiger partial charge in [-0.05, 0) is 42.3 Å². The summed E-state index contributed by atoms with van der Waals surface area (Å²) in [5.41, 5.74) is 1.58. The molecule has 0 saturated heterocycles. The maximum Gasteiger partial charge on any atom is 0.337 e. The minimum Gasteiger partial charge on any atom is -0.606 e. The average molecular weight is 426 g/mol. The van der Waals surface area contributed by atoms with Gasteiger partial charge >= 0.3 is 5.97 Å². The second-order valence-electron chi connectivity index (χ2n) is 6.87. The minimum absolute atomic E-state index is 0.0901. The van der Waals surface area contributed by atoms with Gasteiger partial charge in [-0.25, -0.2) is 9.18 Å². The molecule has 1 aliphatic heterocycles. The lowest BCUT2D eigenvalue weighted by atomic mass is 9.93. The van der Waals surface area contributed by atoms with Crippen LogP contribution in [0.5, 0.6) is 5.75 Å². The monoisotopic (exact) mass is 426 g/mol. The van der Waals surface area contributed by atoms with Gasteiger partial charge in [0.2, 0.25) is 0 Å². The van der Waals surface area contributed by atoms with Gasteiger partial charge in [0.25, 0.3) is 0 Å². The van der Waals surface area contributed by atoms with Gasteiger partial charge in [0, 0.05) is 42.0 Å². The number of nitrogens with zero attached hydrogens (tertiary/aromatic N) is 1. The summed E-state index contributed by atoms with van der Waals surface area (Å²) in [5.74, 6) is -0.721. The number of fused-ring (bicyclic) bond motifs is 1. The van der Waals surface area contributed by atoms with E-state index < -0.39 is 23.0 Å². The Morgan fingerprint density at radius 3 is 2.90 bits per heavy atom. The number of hydrogen-bond acceptors (Lipinski definition) is 5. The highest BCUT2D eigenvalue weighted by atomic mass is 32.2. The van der Waals surface area contributed by atoms with Crippen LogP contribution in [0.4, 0.5) is 10.1 Å². The summed E-state index contributed by atoms with van der Waals surface area (Å²) in [7, 11) is 0. The lowest BCUT2D eigenvalue weighted by Gasteiger charge is -2.27. The molecule has 0 bridgehead atoms. The summed E-state index contributed by atoms with van der Waals surface area (Å²) in [4.78, 5) is 16.3. The number of carbonyl (C=O) groups is 1. The van der Waals surface area contributed by atoms with Crippen molar-refractivity contribution in [2.75, 3.05) is 18.5 Å². The highest BCUT2D eigenvalue weighted by Crippen LogP contribution is 2.36. The van der Waals surface area contributed by atoms with Crippen LogP contribution in [0.3, 0.4) is 0 Å². The van der Waals surface area contributed by atoms with Crippen LogP contribution in [0, 0.1) is 5.82 Å². The Bertz CT molecular complexity index is 1080. The van der Waals surface area contributed by atoms with Crippen molar-refractivity contribution >= 4 is 22.8 Å². The van der Waals surface area contributed by atoms with Crippen molar-refractivity contribution in [2.45, 2.75) is 22.1 Å². The van der Waals surface area contributed by atoms with Gasteiger partial charge in [-0.1, -0.05) is 6.07 Å². The number of hydrogen-bond donors (Lipinski definition) is 2. The molecule has 2 heterocycles. The molecule has 2 atom stereocenters. The molecular weight excluding hydrogens is 407 g/mol. The lowest BCUT2D eigenvalue weighted by Crippen LogP contribution is -2.22. The Kier molecular flexibility index (Phi) is 5.87. The molecule has 30 heavy (non-hydrogen) atoms. The Morgan fingerprint density at radius 1 is 1.27 bits per heavy atom. The van der Waals surface area contributed by atoms with Crippen molar-refractivity contribution in [2.24, 2.45) is 0 Å². The number of aromatic nitrogens is 1. The van der Waals surface area contributed by atoms with E-state index in [0.717, 1.165) is 12.0 Å². The van der Waals surface area contributed by atoms with Crippen LogP contribution in [0.1, 0.15) is 28.3 Å². The molecule has 2 aromatic carbocycles. The number of pyridine rings is 1. The molecule has 0 spiro atoms. The topological polar surface area (TPSA) is 94.5 Å². The molecule has 154 valence electrons. The Labute approximate surface area is 175 Å². The smallest absolute Gasteiger partial charge is 0.337 e. The largest absolute Gasteiger partial charge is 0.606 e. The van der Waals surface area contributed by atoms with Crippen LogP contribution in [0.25, 0.3) is 0 Å². The summed E-state index contributed by atoms with van der Waals surface area (Å²) in [5, 5.41) is 12.5. The highest BCUT2D eigenvalue weighted by Gasteiger charge is 2.25. The maximum atomic E-state index is 13.5. The predicted octanol–water partition coefficient (Wildman–Crippen LogP) is 4.06. The normalized spacial score (nSPS) is 16.3. The van der Waals surface area contributed by atoms with Crippen LogP contribution in [0.15, 0.2) is 70.7 Å². The second-order valence-corrected chi connectivity index (χ2v) is 8.35. The molecule has 1 aliphatic rings. The highest BCUT2D eigenvalue weighted by molar-refractivity contribution is 7.91. The zero-order chi connectivity index (χ0) is 21.1. The number of ether oxygens (including phenoxy) is 1. The first kappa shape index (κ1) is 20.2. The van der Waals surface area contributed by atoms with E-state index in [1.165, 1.54) is 36.7 Å². The Morgan fingerprint density at radius 2 is 2.10 bits per heavy atom. The van der Waals surface area contributed by atoms with Crippen LogP contribution >= 0.6 is 0 Å². The van der Waals surface area contributed by atoms with Crippen molar-refractivity contribution in [3.8, 4) is 5.75 Å². The van der Waals surface area contributed by atoms with Crippen molar-refractivity contribution in [1.29, 1.82) is 0 Å². The quantitative estimate of drug-likeness (QED) is 0.577. The number of anilines is 1. The number of aromatic carboxylic acids is 1. The number of halogens is 1. The van der Waals surface area contributed by atoms with Crippen molar-refractivity contribution in [3.05, 3.63) is 77.9 Å². The number of nitrogens with one attached hydrogen (secondary N) is 1. The van der Waals surface area contributed by atoms with Crippen molar-refractivity contribution in [3.63, 3.8) is 0 Å². The lowest BCUT2D eigenvalue weighted by molar-refractivity contribution is 0.0697. The van der Waals surface area contributed by atoms with Crippen molar-refractivity contribution in [1.82, 2.24) is 4.98 Å². The average Bonchev–Trinajstić information content (AvgIpc) is 2.76. The van der Waals surface area contributed by atoms with Gasteiger partial charge < -0.3 is 19.7 Å². The Balaban J connectivity index is 1.53. The molecule has 1 unspecified atom stereocenters. The molecule has 8 heteroatoms. The molecular formula is C22H19FN2O4S. The fraction of sp³-hybridized carbons (Fsp3) is 0.182. The molecule has 1 aromatic heterocycles. The first-order valence-corrected chi connectivity index (χ1v) is 10.5. The zero-order valence-electron chi connectivity index (χ0n) is 15.9. The third-order valence-corrected chi connectivity index (χ3v) is 6.33. The molecule has 0 fully saturated rings. The van der Waals surface area contributed by atoms with E-state index in [1.54, 1.807) is 18.2 Å². The predicted molar refractivity (Wildman–Crippen MR) is 110 cm³/mol. The molecule has 2 N–H and O–H groups in total. The molecule has 4 rings (SSSR count). The zero-order valence-corrected chi connectivity index (χ0v) is 16.7. The van der Waals surface area contributed by atoms with Crippen LogP contribution < -0.4 is 10.1 Å². The van der Waals surface area contributed by atoms with Gasteiger partial charge in [0.1, 0.15) is 11.6 Å². The van der Waals surface area contributed by atoms with Gasteiger partial charge in [-0.15, -0.1) is 0 Å². The first-order chi connectivity index (χ1) is 14.5. The summed E-state index contributed by atoms with van der Waals surface area (Å²) in [6, 6.07) is 12.5. The molecule has 0 saturated carbocycles. The van der Waals surface area contributed by atoms with Gasteiger partial charge in [-0.3, -0.25) is 4.98 Å². The molecule has 0 amide bonds. The fourth-order valence-electron chi connectivity index (χ4n) is 3.44. The fourth-order valence-corrected chi connectivity index (χ4v) is 4.54. The first-order valence-electron chi connectivity index (χ1n) is 9.38. The van der Waals surface area contributed by atoms with E-state index in [0.29, 0.717) is 34.4 Å². The molecule has 3 aromatic rings. The van der Waals surface area contributed by atoms with Crippen LogP contribution in [-0.2, 0) is 11.2 Å². The van der Waals surface area contributed by atoms with E-state index in [2.05, 4.69) is 10.3 Å². The molecule has 6 nitrogen and oxygen atoms in total. The minimum atomic E-state index is -1.52. The SMILES string of the molecule is O=C(O)c1ccncc1NC[C@H]1CCOc2cc([S+]([O-])c3cccc(F)c3)ccc21. The van der Waals surface area contributed by atoms with Gasteiger partial charge in [0.05, 0.1) is 24.1 Å². The van der Waals surface area contributed by atoms with Crippen LogP contribution in [-0.4, -0.2) is 33.8 Å². The number of carboxylic acid groups (broad SMARTS) is 1. The molecule has 0 aliphatic carbocycles. The summed E-state index contributed by atoms with van der Waals surface area (Å²) >= 11 is -1.52. The maximum absolute atomic E-state index is 13.5. The molecule has 0 radical (unpaired) electrons. The van der Waals surface area contributed by atoms with E-state index in [9.17, 15) is 18.8 Å². The van der Waals surface area contributed by atoms with E-state index in [1.807, 2.05) is 6.07 Å². The van der Waals surface area contributed by atoms with Crippen LogP contribution in [0.2, 0.25) is 0 Å². The number of carboxylic acids is 1. The third kappa shape index (κ3) is 4.24. The van der Waals surface area contributed by atoms with E-state index >= 15 is 0 Å². The summed E-state index contributed by atoms with van der Waals surface area (Å²) < 4.78 is 32.0. The van der Waals surface area contributed by atoms with E-state index in [-0.39, 0.29) is 11.5 Å². The Hall–Kier alpha value is -3.10. The third-order valence-electron chi connectivity index (χ3n) is 4.96. The second kappa shape index (κ2) is 8.73.